The van der Waals surface area contributed by atoms with Crippen LogP contribution in [-0.2, 0) is 31.9 Å². The third kappa shape index (κ3) is 9.47. The monoisotopic (exact) mass is 496 g/mol. The Morgan fingerprint density at radius 1 is 0.829 bits per heavy atom. The van der Waals surface area contributed by atoms with E-state index in [1.807, 2.05) is 84.9 Å². The molecule has 9 heteroatoms. The van der Waals surface area contributed by atoms with Crippen molar-refractivity contribution in [1.82, 2.24) is 10.6 Å². The Hall–Kier alpha value is -3.29. The first-order chi connectivity index (χ1) is 16.8. The number of benzene rings is 3. The van der Waals surface area contributed by atoms with Crippen LogP contribution in [0.15, 0.2) is 84.9 Å². The van der Waals surface area contributed by atoms with Gasteiger partial charge in [0.15, 0.2) is 0 Å². The lowest BCUT2D eigenvalue weighted by Gasteiger charge is -2.19. The van der Waals surface area contributed by atoms with Crippen LogP contribution in [0.3, 0.4) is 0 Å². The fourth-order valence-electron chi connectivity index (χ4n) is 3.41. The van der Waals surface area contributed by atoms with Crippen LogP contribution in [0.1, 0.15) is 17.5 Å². The molecule has 0 saturated heterocycles. The predicted molar refractivity (Wildman–Crippen MR) is 133 cm³/mol. The Bertz CT molecular complexity index is 1130. The normalized spacial score (nSPS) is 12.1. The largest absolute Gasteiger partial charge is 0.461 e. The summed E-state index contributed by atoms with van der Waals surface area (Å²) in [6.07, 6.45) is -0.429. The molecule has 35 heavy (non-hydrogen) atoms. The maximum absolute atomic E-state index is 12.7. The Balaban J connectivity index is 1.54. The average Bonchev–Trinajstić information content (AvgIpc) is 2.86. The number of rotatable bonds is 12. The fourth-order valence-corrected chi connectivity index (χ4v) is 3.87. The Labute approximate surface area is 204 Å². The molecule has 0 unspecified atom stereocenters. The molecule has 8 nitrogen and oxygen atoms in total. The van der Waals surface area contributed by atoms with E-state index in [0.29, 0.717) is 0 Å². The minimum atomic E-state index is -4.36. The van der Waals surface area contributed by atoms with E-state index in [0.717, 1.165) is 22.3 Å². The van der Waals surface area contributed by atoms with E-state index in [4.69, 9.17) is 4.74 Å². The molecule has 0 bridgehead atoms. The van der Waals surface area contributed by atoms with E-state index < -0.39 is 31.8 Å². The van der Waals surface area contributed by atoms with Gasteiger partial charge in [-0.15, -0.1) is 0 Å². The van der Waals surface area contributed by atoms with Crippen LogP contribution in [-0.4, -0.2) is 40.5 Å². The summed E-state index contributed by atoms with van der Waals surface area (Å²) in [4.78, 5) is 43.2. The second-order valence-electron chi connectivity index (χ2n) is 8.03. The third-order valence-corrected chi connectivity index (χ3v) is 5.83. The highest BCUT2D eigenvalue weighted by Crippen LogP contribution is 2.32. The van der Waals surface area contributed by atoms with Gasteiger partial charge < -0.3 is 19.8 Å². The second-order valence-corrected chi connectivity index (χ2v) is 9.68. The topological polar surface area (TPSA) is 125 Å². The van der Waals surface area contributed by atoms with E-state index >= 15 is 0 Å². The van der Waals surface area contributed by atoms with Crippen molar-refractivity contribution in [2.45, 2.75) is 25.5 Å². The highest BCUT2D eigenvalue weighted by atomic mass is 31.2. The van der Waals surface area contributed by atoms with Gasteiger partial charge in [0.05, 0.1) is 18.7 Å². The molecule has 0 saturated carbocycles. The number of hydrogen-bond acceptors (Lipinski definition) is 5. The van der Waals surface area contributed by atoms with E-state index in [1.54, 1.807) is 0 Å². The van der Waals surface area contributed by atoms with Crippen molar-refractivity contribution in [1.29, 1.82) is 0 Å². The molecular weight excluding hydrogens is 467 g/mol. The van der Waals surface area contributed by atoms with E-state index in [2.05, 4.69) is 10.6 Å². The molecule has 4 N–H and O–H groups in total. The molecule has 0 aliphatic carbocycles. The molecule has 0 aromatic heterocycles. The highest BCUT2D eigenvalue weighted by Gasteiger charge is 2.23. The molecule has 0 radical (unpaired) electrons. The molecule has 184 valence electrons. The quantitative estimate of drug-likeness (QED) is 0.224. The molecule has 0 spiro atoms. The zero-order chi connectivity index (χ0) is 25.1. The summed E-state index contributed by atoms with van der Waals surface area (Å²) in [5.41, 5.74) is 3.77. The van der Waals surface area contributed by atoms with Gasteiger partial charge >= 0.3 is 13.6 Å². The van der Waals surface area contributed by atoms with Crippen molar-refractivity contribution in [3.05, 3.63) is 96.1 Å². The average molecular weight is 497 g/mol. The van der Waals surface area contributed by atoms with Crippen molar-refractivity contribution >= 4 is 19.5 Å². The number of nitrogens with one attached hydrogen (secondary N) is 2. The zero-order valence-electron chi connectivity index (χ0n) is 19.2. The Kier molecular flexibility index (Phi) is 9.76. The van der Waals surface area contributed by atoms with Gasteiger partial charge in [0, 0.05) is 6.54 Å². The lowest BCUT2D eigenvalue weighted by Crippen LogP contribution is -2.46. The summed E-state index contributed by atoms with van der Waals surface area (Å²) in [7, 11) is -4.36. The Morgan fingerprint density at radius 2 is 1.43 bits per heavy atom. The molecule has 0 aliphatic rings. The lowest BCUT2D eigenvalue weighted by atomic mass is 10.0. The fraction of sp³-hybridized carbons (Fsp3) is 0.231. The first-order valence-electron chi connectivity index (χ1n) is 11.2. The molecular formula is C26H29N2O6P. The van der Waals surface area contributed by atoms with Gasteiger partial charge in [-0.1, -0.05) is 84.9 Å². The summed E-state index contributed by atoms with van der Waals surface area (Å²) in [5.74, 6) is -0.910. The van der Waals surface area contributed by atoms with Gasteiger partial charge in [0.1, 0.15) is 6.61 Å². The van der Waals surface area contributed by atoms with Crippen LogP contribution in [0.25, 0.3) is 11.1 Å². The summed E-state index contributed by atoms with van der Waals surface area (Å²) in [6.45, 7) is 0.201. The van der Waals surface area contributed by atoms with Gasteiger partial charge in [-0.3, -0.25) is 19.5 Å². The third-order valence-electron chi connectivity index (χ3n) is 5.23. The zero-order valence-corrected chi connectivity index (χ0v) is 20.1. The van der Waals surface area contributed by atoms with Crippen molar-refractivity contribution in [3.63, 3.8) is 0 Å². The smallest absolute Gasteiger partial charge is 0.339 e. The minimum absolute atomic E-state index is 0.0183. The second kappa shape index (κ2) is 13.0. The Morgan fingerprint density at radius 3 is 2.06 bits per heavy atom. The van der Waals surface area contributed by atoms with Gasteiger partial charge in [-0.05, 0) is 28.7 Å². The standard InChI is InChI=1S/C26H29N2O6P/c29-25(34-18-21-7-3-1-4-8-21)15-16-27-26(30)24(28-19-35(31,32)33)17-20-11-13-23(14-12-20)22-9-5-2-6-10-22/h1-14,24,28H,15-19H2,(H,27,30)(H2,31,32,33)/t24-/m0/s1. The summed E-state index contributed by atoms with van der Waals surface area (Å²) < 4.78 is 16.5. The van der Waals surface area contributed by atoms with E-state index in [9.17, 15) is 23.9 Å². The van der Waals surface area contributed by atoms with Crippen molar-refractivity contribution in [2.24, 2.45) is 0 Å². The number of carbonyl (C=O) groups excluding carboxylic acids is 2. The predicted octanol–water partition coefficient (Wildman–Crippen LogP) is 3.24. The highest BCUT2D eigenvalue weighted by molar-refractivity contribution is 7.51. The molecule has 3 rings (SSSR count). The van der Waals surface area contributed by atoms with Crippen molar-refractivity contribution < 1.29 is 28.7 Å². The van der Waals surface area contributed by atoms with Crippen LogP contribution in [0.4, 0.5) is 0 Å². The van der Waals surface area contributed by atoms with Crippen LogP contribution >= 0.6 is 7.60 Å². The maximum Gasteiger partial charge on any atom is 0.339 e. The number of amides is 1. The maximum atomic E-state index is 12.7. The van der Waals surface area contributed by atoms with Gasteiger partial charge in [0.25, 0.3) is 0 Å². The molecule has 0 fully saturated rings. The van der Waals surface area contributed by atoms with Crippen LogP contribution in [0.5, 0.6) is 0 Å². The molecule has 0 aliphatic heterocycles. The number of hydrogen-bond donors (Lipinski definition) is 4. The molecule has 1 amide bonds. The number of ether oxygens (including phenoxy) is 1. The van der Waals surface area contributed by atoms with Gasteiger partial charge in [0.2, 0.25) is 5.91 Å². The molecule has 3 aromatic rings. The lowest BCUT2D eigenvalue weighted by molar-refractivity contribution is -0.144. The molecule has 3 aromatic carbocycles. The number of carbonyl (C=O) groups is 2. The van der Waals surface area contributed by atoms with E-state index in [1.165, 1.54) is 0 Å². The summed E-state index contributed by atoms with van der Waals surface area (Å²) >= 11 is 0. The molecule has 1 atom stereocenters. The van der Waals surface area contributed by atoms with E-state index in [-0.39, 0.29) is 26.0 Å². The SMILES string of the molecule is O=C(CCNC(=O)[C@H](Cc1ccc(-c2ccccc2)cc1)NCP(=O)(O)O)OCc1ccccc1. The summed E-state index contributed by atoms with van der Waals surface area (Å²) in [5, 5.41) is 5.30. The van der Waals surface area contributed by atoms with Gasteiger partial charge in [-0.25, -0.2) is 0 Å². The summed E-state index contributed by atoms with van der Waals surface area (Å²) in [6, 6.07) is 25.8. The minimum Gasteiger partial charge on any atom is -0.461 e. The molecule has 0 heterocycles. The van der Waals surface area contributed by atoms with Gasteiger partial charge in [-0.2, -0.15) is 0 Å². The van der Waals surface area contributed by atoms with Crippen LogP contribution in [0, 0.1) is 0 Å². The first-order valence-corrected chi connectivity index (χ1v) is 13.0. The van der Waals surface area contributed by atoms with Crippen LogP contribution < -0.4 is 10.6 Å². The van der Waals surface area contributed by atoms with Crippen molar-refractivity contribution in [2.75, 3.05) is 12.8 Å². The van der Waals surface area contributed by atoms with Crippen LogP contribution in [0.2, 0.25) is 0 Å². The van der Waals surface area contributed by atoms with Crippen molar-refractivity contribution in [3.8, 4) is 11.1 Å². The number of esters is 1. The first kappa shape index (κ1) is 26.3.